The fraction of sp³-hybridized carbons (Fsp3) is 1.00. The Morgan fingerprint density at radius 1 is 1.11 bits per heavy atom. The summed E-state index contributed by atoms with van der Waals surface area (Å²) in [7, 11) is -3.08. The third-order valence-corrected chi connectivity index (χ3v) is 5.31. The lowest BCUT2D eigenvalue weighted by atomic mass is 9.85. The summed E-state index contributed by atoms with van der Waals surface area (Å²) in [5.74, 6) is 1.05. The summed E-state index contributed by atoms with van der Waals surface area (Å²) in [6, 6.07) is 0.178. The van der Waals surface area contributed by atoms with Gasteiger partial charge in [0.2, 0.25) is 10.0 Å². The Kier molecular flexibility index (Phi) is 7.19. The molecular formula is C13H28N2O2S. The van der Waals surface area contributed by atoms with Crippen molar-refractivity contribution < 1.29 is 8.42 Å². The molecule has 4 nitrogen and oxygen atoms in total. The molecule has 5 heteroatoms. The first-order valence-electron chi connectivity index (χ1n) is 7.28. The molecule has 1 fully saturated rings. The minimum absolute atomic E-state index is 0.178. The van der Waals surface area contributed by atoms with Gasteiger partial charge in [0, 0.05) is 6.04 Å². The van der Waals surface area contributed by atoms with Crippen LogP contribution in [0.1, 0.15) is 52.4 Å². The highest BCUT2D eigenvalue weighted by Gasteiger charge is 2.23. The van der Waals surface area contributed by atoms with Crippen molar-refractivity contribution in [3.8, 4) is 0 Å². The molecule has 0 aromatic heterocycles. The Hall–Kier alpha value is -0.130. The van der Waals surface area contributed by atoms with Gasteiger partial charge >= 0.3 is 0 Å². The van der Waals surface area contributed by atoms with Crippen LogP contribution in [-0.2, 0) is 10.0 Å². The Morgan fingerprint density at radius 2 is 1.78 bits per heavy atom. The molecule has 18 heavy (non-hydrogen) atoms. The standard InChI is InChI=1S/C13H28N2O2S/c1-3-12-6-8-13(9-7-12)15-18(16,17)11-5-10-14-4-2/h12-15H,3-11H2,1-2H3. The third-order valence-electron chi connectivity index (χ3n) is 3.79. The van der Waals surface area contributed by atoms with E-state index in [4.69, 9.17) is 0 Å². The van der Waals surface area contributed by atoms with Crippen molar-refractivity contribution in [3.05, 3.63) is 0 Å². The zero-order chi connectivity index (χ0) is 13.4. The normalized spacial score (nSPS) is 25.2. The van der Waals surface area contributed by atoms with Crippen LogP contribution in [0.3, 0.4) is 0 Å². The van der Waals surface area contributed by atoms with Gasteiger partial charge in [-0.3, -0.25) is 0 Å². The predicted molar refractivity (Wildman–Crippen MR) is 76.1 cm³/mol. The van der Waals surface area contributed by atoms with Gasteiger partial charge in [-0.2, -0.15) is 0 Å². The zero-order valence-electron chi connectivity index (χ0n) is 11.7. The zero-order valence-corrected chi connectivity index (χ0v) is 12.6. The highest BCUT2D eigenvalue weighted by atomic mass is 32.2. The van der Waals surface area contributed by atoms with Gasteiger partial charge in [-0.05, 0) is 51.1 Å². The molecule has 1 aliphatic rings. The number of sulfonamides is 1. The number of hydrogen-bond donors (Lipinski definition) is 2. The summed E-state index contributed by atoms with van der Waals surface area (Å²) < 4.78 is 26.6. The van der Waals surface area contributed by atoms with E-state index in [1.165, 1.54) is 19.3 Å². The molecule has 0 aromatic carbocycles. The maximum Gasteiger partial charge on any atom is 0.211 e. The monoisotopic (exact) mass is 276 g/mol. The van der Waals surface area contributed by atoms with E-state index in [-0.39, 0.29) is 11.8 Å². The van der Waals surface area contributed by atoms with E-state index in [9.17, 15) is 8.42 Å². The smallest absolute Gasteiger partial charge is 0.211 e. The van der Waals surface area contributed by atoms with E-state index in [0.717, 1.165) is 31.8 Å². The van der Waals surface area contributed by atoms with Crippen LogP contribution in [0.5, 0.6) is 0 Å². The van der Waals surface area contributed by atoms with Crippen LogP contribution < -0.4 is 10.0 Å². The second kappa shape index (κ2) is 8.12. The summed E-state index contributed by atoms with van der Waals surface area (Å²) in [6.07, 6.45) is 6.26. The van der Waals surface area contributed by atoms with Crippen molar-refractivity contribution in [1.29, 1.82) is 0 Å². The lowest BCUT2D eigenvalue weighted by Gasteiger charge is -2.28. The molecule has 0 atom stereocenters. The van der Waals surface area contributed by atoms with E-state index >= 15 is 0 Å². The fourth-order valence-electron chi connectivity index (χ4n) is 2.57. The van der Waals surface area contributed by atoms with Gasteiger partial charge in [0.25, 0.3) is 0 Å². The predicted octanol–water partition coefficient (Wildman–Crippen LogP) is 1.87. The quantitative estimate of drug-likeness (QED) is 0.665. The SMILES string of the molecule is CCNCCCS(=O)(=O)NC1CCC(CC)CC1. The van der Waals surface area contributed by atoms with Gasteiger partial charge in [0.15, 0.2) is 0 Å². The van der Waals surface area contributed by atoms with Crippen LogP contribution in [0.25, 0.3) is 0 Å². The average Bonchev–Trinajstić information content (AvgIpc) is 2.35. The third kappa shape index (κ3) is 6.16. The van der Waals surface area contributed by atoms with E-state index in [1.807, 2.05) is 6.92 Å². The van der Waals surface area contributed by atoms with Crippen LogP contribution in [0.2, 0.25) is 0 Å². The van der Waals surface area contributed by atoms with Crippen LogP contribution in [0.15, 0.2) is 0 Å². The maximum absolute atomic E-state index is 11.9. The van der Waals surface area contributed by atoms with Crippen molar-refractivity contribution >= 4 is 10.0 Å². The molecule has 1 rings (SSSR count). The molecule has 108 valence electrons. The molecule has 1 aliphatic carbocycles. The van der Waals surface area contributed by atoms with E-state index < -0.39 is 10.0 Å². The Balaban J connectivity index is 2.24. The molecule has 0 aromatic rings. The molecule has 0 unspecified atom stereocenters. The Bertz CT molecular complexity index is 309. The van der Waals surface area contributed by atoms with Crippen molar-refractivity contribution in [2.75, 3.05) is 18.8 Å². The van der Waals surface area contributed by atoms with Gasteiger partial charge in [-0.25, -0.2) is 13.1 Å². The minimum atomic E-state index is -3.08. The lowest BCUT2D eigenvalue weighted by molar-refractivity contribution is 0.306. The number of hydrogen-bond acceptors (Lipinski definition) is 3. The van der Waals surface area contributed by atoms with Gasteiger partial charge in [0.05, 0.1) is 5.75 Å². The fourth-order valence-corrected chi connectivity index (χ4v) is 3.95. The van der Waals surface area contributed by atoms with E-state index in [1.54, 1.807) is 0 Å². The molecule has 0 amide bonds. The Labute approximate surface area is 112 Å². The molecule has 0 spiro atoms. The van der Waals surface area contributed by atoms with Crippen LogP contribution in [0.4, 0.5) is 0 Å². The lowest BCUT2D eigenvalue weighted by Crippen LogP contribution is -2.39. The molecule has 0 saturated heterocycles. The molecule has 0 aliphatic heterocycles. The Morgan fingerprint density at radius 3 is 2.33 bits per heavy atom. The number of rotatable bonds is 8. The van der Waals surface area contributed by atoms with Crippen molar-refractivity contribution in [2.45, 2.75) is 58.4 Å². The summed E-state index contributed by atoms with van der Waals surface area (Å²) in [5.41, 5.74) is 0. The van der Waals surface area contributed by atoms with Gasteiger partial charge in [0.1, 0.15) is 0 Å². The average molecular weight is 276 g/mol. The molecule has 0 heterocycles. The van der Waals surface area contributed by atoms with Gasteiger partial charge < -0.3 is 5.32 Å². The number of nitrogens with one attached hydrogen (secondary N) is 2. The second-order valence-corrected chi connectivity index (χ2v) is 7.14. The van der Waals surface area contributed by atoms with E-state index in [2.05, 4.69) is 17.0 Å². The van der Waals surface area contributed by atoms with Crippen LogP contribution in [-0.4, -0.2) is 33.3 Å². The van der Waals surface area contributed by atoms with Crippen LogP contribution in [0, 0.1) is 5.92 Å². The van der Waals surface area contributed by atoms with Crippen LogP contribution >= 0.6 is 0 Å². The maximum atomic E-state index is 11.9. The summed E-state index contributed by atoms with van der Waals surface area (Å²) >= 11 is 0. The van der Waals surface area contributed by atoms with Crippen molar-refractivity contribution in [2.24, 2.45) is 5.92 Å². The van der Waals surface area contributed by atoms with Crippen molar-refractivity contribution in [3.63, 3.8) is 0 Å². The van der Waals surface area contributed by atoms with Crippen molar-refractivity contribution in [1.82, 2.24) is 10.0 Å². The molecule has 1 saturated carbocycles. The van der Waals surface area contributed by atoms with Gasteiger partial charge in [-0.1, -0.05) is 20.3 Å². The molecule has 0 bridgehead atoms. The first-order valence-corrected chi connectivity index (χ1v) is 8.93. The molecule has 0 radical (unpaired) electrons. The molecular weight excluding hydrogens is 248 g/mol. The second-order valence-electron chi connectivity index (χ2n) is 5.27. The summed E-state index contributed by atoms with van der Waals surface area (Å²) in [6.45, 7) is 5.92. The first-order chi connectivity index (χ1) is 8.57. The molecule has 2 N–H and O–H groups in total. The largest absolute Gasteiger partial charge is 0.317 e. The summed E-state index contributed by atoms with van der Waals surface area (Å²) in [4.78, 5) is 0. The topological polar surface area (TPSA) is 58.2 Å². The first kappa shape index (κ1) is 15.9. The minimum Gasteiger partial charge on any atom is -0.317 e. The highest BCUT2D eigenvalue weighted by molar-refractivity contribution is 7.89. The summed E-state index contributed by atoms with van der Waals surface area (Å²) in [5, 5.41) is 3.15. The van der Waals surface area contributed by atoms with E-state index in [0.29, 0.717) is 6.42 Å². The highest BCUT2D eigenvalue weighted by Crippen LogP contribution is 2.26. The van der Waals surface area contributed by atoms with Gasteiger partial charge in [-0.15, -0.1) is 0 Å².